The molecule has 1 aliphatic rings. The van der Waals surface area contributed by atoms with Crippen molar-refractivity contribution >= 4 is 27.3 Å². The van der Waals surface area contributed by atoms with Crippen LogP contribution in [0.5, 0.6) is 0 Å². The monoisotopic (exact) mass is 373 g/mol. The van der Waals surface area contributed by atoms with Crippen LogP contribution in [0.25, 0.3) is 0 Å². The van der Waals surface area contributed by atoms with Gasteiger partial charge in [0.1, 0.15) is 4.21 Å². The maximum absolute atomic E-state index is 12.2. The van der Waals surface area contributed by atoms with E-state index in [1.165, 1.54) is 11.3 Å². The lowest BCUT2D eigenvalue weighted by Gasteiger charge is -2.31. The molecule has 24 heavy (non-hydrogen) atoms. The molecule has 1 aromatic heterocycles. The predicted octanol–water partition coefficient (Wildman–Crippen LogP) is 1.80. The van der Waals surface area contributed by atoms with E-state index in [4.69, 9.17) is 0 Å². The van der Waals surface area contributed by atoms with Gasteiger partial charge in [0.2, 0.25) is 15.9 Å². The normalized spacial score (nSPS) is 17.0. The zero-order valence-corrected chi connectivity index (χ0v) is 15.8. The van der Waals surface area contributed by atoms with Crippen molar-refractivity contribution in [2.45, 2.75) is 49.3 Å². The van der Waals surface area contributed by atoms with Gasteiger partial charge in [-0.2, -0.15) is 0 Å². The van der Waals surface area contributed by atoms with Crippen LogP contribution in [-0.4, -0.2) is 51.4 Å². The summed E-state index contributed by atoms with van der Waals surface area (Å²) >= 11 is 1.22. The van der Waals surface area contributed by atoms with Gasteiger partial charge in [0.15, 0.2) is 0 Å². The molecule has 0 aromatic carbocycles. The lowest BCUT2D eigenvalue weighted by molar-refractivity contribution is -0.122. The van der Waals surface area contributed by atoms with E-state index in [0.717, 1.165) is 51.7 Å². The Bertz CT molecular complexity index is 594. The number of sulfonamides is 1. The summed E-state index contributed by atoms with van der Waals surface area (Å²) in [4.78, 5) is 14.0. The summed E-state index contributed by atoms with van der Waals surface area (Å²) in [6, 6.07) is 3.30. The first-order valence-electron chi connectivity index (χ1n) is 8.56. The number of hydrogen-bond donors (Lipinski definition) is 2. The van der Waals surface area contributed by atoms with Gasteiger partial charge >= 0.3 is 0 Å². The van der Waals surface area contributed by atoms with Crippen molar-refractivity contribution in [3.8, 4) is 0 Å². The van der Waals surface area contributed by atoms with Crippen molar-refractivity contribution < 1.29 is 13.2 Å². The van der Waals surface area contributed by atoms with Crippen LogP contribution >= 0.6 is 11.3 Å². The first-order chi connectivity index (χ1) is 11.5. The van der Waals surface area contributed by atoms with E-state index in [1.54, 1.807) is 17.5 Å². The number of carbonyl (C=O) groups is 1. The Kier molecular flexibility index (Phi) is 7.67. The molecule has 1 fully saturated rings. The molecule has 2 rings (SSSR count). The minimum absolute atomic E-state index is 0.0547. The molecule has 1 aliphatic heterocycles. The van der Waals surface area contributed by atoms with Crippen molar-refractivity contribution in [1.29, 1.82) is 0 Å². The number of amides is 1. The van der Waals surface area contributed by atoms with Crippen molar-refractivity contribution in [3.05, 3.63) is 17.5 Å². The highest BCUT2D eigenvalue weighted by Crippen LogP contribution is 2.18. The summed E-state index contributed by atoms with van der Waals surface area (Å²) in [6.07, 6.45) is 4.76. The fourth-order valence-corrected chi connectivity index (χ4v) is 5.08. The third-order valence-corrected chi connectivity index (χ3v) is 7.06. The molecular weight excluding hydrogens is 346 g/mol. The molecule has 136 valence electrons. The van der Waals surface area contributed by atoms with Crippen molar-refractivity contribution in [1.82, 2.24) is 14.9 Å². The van der Waals surface area contributed by atoms with Crippen LogP contribution < -0.4 is 10.0 Å². The highest BCUT2D eigenvalue weighted by molar-refractivity contribution is 7.91. The zero-order valence-electron chi connectivity index (χ0n) is 14.2. The Hall–Kier alpha value is -0.960. The number of thiophene rings is 1. The van der Waals surface area contributed by atoms with Gasteiger partial charge in [-0.1, -0.05) is 25.8 Å². The zero-order chi connectivity index (χ0) is 17.4. The molecule has 0 unspecified atom stereocenters. The molecule has 0 radical (unpaired) electrons. The van der Waals surface area contributed by atoms with E-state index in [1.807, 2.05) is 0 Å². The topological polar surface area (TPSA) is 78.5 Å². The first kappa shape index (κ1) is 19.4. The molecule has 1 amide bonds. The fourth-order valence-electron chi connectivity index (χ4n) is 2.76. The highest BCUT2D eigenvalue weighted by Gasteiger charge is 2.25. The number of nitrogens with one attached hydrogen (secondary N) is 2. The molecule has 8 heteroatoms. The Morgan fingerprint density at radius 2 is 2.08 bits per heavy atom. The molecule has 1 saturated heterocycles. The number of unbranched alkanes of at least 4 members (excludes halogenated alkanes) is 2. The third kappa shape index (κ3) is 6.16. The van der Waals surface area contributed by atoms with E-state index >= 15 is 0 Å². The van der Waals surface area contributed by atoms with Crippen LogP contribution in [-0.2, 0) is 14.8 Å². The molecule has 0 saturated carbocycles. The van der Waals surface area contributed by atoms with Crippen LogP contribution in [0.1, 0.15) is 39.0 Å². The van der Waals surface area contributed by atoms with Crippen LogP contribution in [0, 0.1) is 0 Å². The lowest BCUT2D eigenvalue weighted by Crippen LogP contribution is -2.47. The predicted molar refractivity (Wildman–Crippen MR) is 96.6 cm³/mol. The van der Waals surface area contributed by atoms with Gasteiger partial charge in [-0.25, -0.2) is 13.1 Å². The molecule has 0 atom stereocenters. The molecule has 2 N–H and O–H groups in total. The van der Waals surface area contributed by atoms with Crippen molar-refractivity contribution in [2.24, 2.45) is 0 Å². The average molecular weight is 374 g/mol. The Morgan fingerprint density at radius 1 is 1.33 bits per heavy atom. The summed E-state index contributed by atoms with van der Waals surface area (Å²) < 4.78 is 27.6. The van der Waals surface area contributed by atoms with E-state index < -0.39 is 10.0 Å². The molecule has 1 aromatic rings. The number of nitrogens with zero attached hydrogens (tertiary/aromatic N) is 1. The second-order valence-electron chi connectivity index (χ2n) is 6.16. The van der Waals surface area contributed by atoms with Crippen LogP contribution in [0.2, 0.25) is 0 Å². The maximum Gasteiger partial charge on any atom is 0.250 e. The third-order valence-electron chi connectivity index (χ3n) is 4.14. The number of rotatable bonds is 9. The van der Waals surface area contributed by atoms with Crippen LogP contribution in [0.15, 0.2) is 21.7 Å². The lowest BCUT2D eigenvalue weighted by atomic mass is 10.1. The average Bonchev–Trinajstić information content (AvgIpc) is 3.09. The number of likely N-dealkylation sites (tertiary alicyclic amines) is 1. The van der Waals surface area contributed by atoms with Gasteiger partial charge in [0.05, 0.1) is 6.54 Å². The Morgan fingerprint density at radius 3 is 2.71 bits per heavy atom. The minimum Gasteiger partial charge on any atom is -0.355 e. The van der Waals surface area contributed by atoms with Crippen LogP contribution in [0.3, 0.4) is 0 Å². The van der Waals surface area contributed by atoms with Gasteiger partial charge in [0.25, 0.3) is 0 Å². The smallest absolute Gasteiger partial charge is 0.250 e. The second kappa shape index (κ2) is 9.50. The summed E-state index contributed by atoms with van der Waals surface area (Å²) in [5.74, 6) is 0.0590. The summed E-state index contributed by atoms with van der Waals surface area (Å²) in [7, 11) is -3.40. The Labute approximate surface area is 148 Å². The van der Waals surface area contributed by atoms with Gasteiger partial charge < -0.3 is 5.32 Å². The van der Waals surface area contributed by atoms with Gasteiger partial charge in [0, 0.05) is 25.7 Å². The summed E-state index contributed by atoms with van der Waals surface area (Å²) in [6.45, 7) is 4.75. The number of carbonyl (C=O) groups excluding carboxylic acids is 1. The largest absolute Gasteiger partial charge is 0.355 e. The molecule has 6 nitrogen and oxygen atoms in total. The summed E-state index contributed by atoms with van der Waals surface area (Å²) in [5, 5.41) is 4.70. The van der Waals surface area contributed by atoms with Crippen molar-refractivity contribution in [2.75, 3.05) is 26.2 Å². The van der Waals surface area contributed by atoms with E-state index in [2.05, 4.69) is 21.9 Å². The van der Waals surface area contributed by atoms with Crippen LogP contribution in [0.4, 0.5) is 0 Å². The van der Waals surface area contributed by atoms with Gasteiger partial charge in [-0.3, -0.25) is 9.69 Å². The second-order valence-corrected chi connectivity index (χ2v) is 9.05. The fraction of sp³-hybridized carbons (Fsp3) is 0.688. The number of piperidine rings is 1. The Balaban J connectivity index is 1.69. The van der Waals surface area contributed by atoms with E-state index in [9.17, 15) is 13.2 Å². The number of hydrogen-bond acceptors (Lipinski definition) is 5. The first-order valence-corrected chi connectivity index (χ1v) is 10.9. The van der Waals surface area contributed by atoms with E-state index in [0.29, 0.717) is 10.8 Å². The summed E-state index contributed by atoms with van der Waals surface area (Å²) in [5.41, 5.74) is 0. The molecule has 0 bridgehead atoms. The van der Waals surface area contributed by atoms with Gasteiger partial charge in [-0.15, -0.1) is 11.3 Å². The van der Waals surface area contributed by atoms with Gasteiger partial charge in [-0.05, 0) is 30.7 Å². The SMILES string of the molecule is CCCCCNC(=O)CN1CCC(NS(=O)(=O)c2cccs2)CC1. The highest BCUT2D eigenvalue weighted by atomic mass is 32.2. The molecule has 0 spiro atoms. The minimum atomic E-state index is -3.40. The standard InChI is InChI=1S/C16H27N3O3S2/c1-2-3-4-9-17-15(20)13-19-10-7-14(8-11-19)18-24(21,22)16-6-5-12-23-16/h5-6,12,14,18H,2-4,7-11,13H2,1H3,(H,17,20). The molecule has 0 aliphatic carbocycles. The molecular formula is C16H27N3O3S2. The molecule has 2 heterocycles. The maximum atomic E-state index is 12.2. The quantitative estimate of drug-likeness (QED) is 0.647. The van der Waals surface area contributed by atoms with Crippen molar-refractivity contribution in [3.63, 3.8) is 0 Å². The van der Waals surface area contributed by atoms with E-state index in [-0.39, 0.29) is 11.9 Å².